The third-order valence-corrected chi connectivity index (χ3v) is 6.25. The van der Waals surface area contributed by atoms with E-state index in [-0.39, 0.29) is 24.5 Å². The van der Waals surface area contributed by atoms with E-state index in [9.17, 15) is 9.59 Å². The van der Waals surface area contributed by atoms with Crippen LogP contribution in [0.4, 0.5) is 11.4 Å². The molecule has 0 saturated carbocycles. The van der Waals surface area contributed by atoms with Gasteiger partial charge in [-0.1, -0.05) is 42.5 Å². The Morgan fingerprint density at radius 3 is 2.11 bits per heavy atom. The Morgan fingerprint density at radius 2 is 1.51 bits per heavy atom. The van der Waals surface area contributed by atoms with Crippen molar-refractivity contribution in [3.63, 3.8) is 0 Å². The largest absolute Gasteiger partial charge is 0.381 e. The van der Waals surface area contributed by atoms with Gasteiger partial charge in [0.25, 0.3) is 11.8 Å². The molecule has 0 bridgehead atoms. The Bertz CT molecular complexity index is 1110. The lowest BCUT2D eigenvalue weighted by Crippen LogP contribution is -2.44. The zero-order valence-electron chi connectivity index (χ0n) is 20.1. The van der Waals surface area contributed by atoms with Crippen LogP contribution < -0.4 is 10.4 Å². The molecule has 0 aliphatic carbocycles. The number of carbonyl (C=O) groups is 2. The first-order valence-corrected chi connectivity index (χ1v) is 11.8. The SMILES string of the molecule is COC1CCN(CC(=O)N(OC)c2ccc(NC(=O)c3ccc(-c4ccccc4)cc3)cc2)CC1. The highest BCUT2D eigenvalue weighted by Crippen LogP contribution is 2.22. The summed E-state index contributed by atoms with van der Waals surface area (Å²) in [6, 6.07) is 24.6. The molecule has 2 amide bonds. The Balaban J connectivity index is 1.34. The molecule has 0 radical (unpaired) electrons. The van der Waals surface area contributed by atoms with E-state index in [0.717, 1.165) is 37.1 Å². The summed E-state index contributed by atoms with van der Waals surface area (Å²) >= 11 is 0. The second-order valence-electron chi connectivity index (χ2n) is 8.53. The maximum absolute atomic E-state index is 12.8. The van der Waals surface area contributed by atoms with Crippen LogP contribution in [0.15, 0.2) is 78.9 Å². The molecule has 1 N–H and O–H groups in total. The van der Waals surface area contributed by atoms with Crippen LogP contribution in [-0.4, -0.2) is 56.7 Å². The molecule has 3 aromatic carbocycles. The highest BCUT2D eigenvalue weighted by Gasteiger charge is 2.24. The van der Waals surface area contributed by atoms with Crippen molar-refractivity contribution in [2.45, 2.75) is 18.9 Å². The fraction of sp³-hybridized carbons (Fsp3) is 0.286. The number of rotatable bonds is 8. The third-order valence-electron chi connectivity index (χ3n) is 6.25. The van der Waals surface area contributed by atoms with Gasteiger partial charge < -0.3 is 10.1 Å². The summed E-state index contributed by atoms with van der Waals surface area (Å²) < 4.78 is 5.40. The van der Waals surface area contributed by atoms with E-state index in [4.69, 9.17) is 9.57 Å². The molecule has 4 rings (SSSR count). The van der Waals surface area contributed by atoms with Crippen molar-refractivity contribution in [3.05, 3.63) is 84.4 Å². The molecule has 1 aliphatic rings. The van der Waals surface area contributed by atoms with Crippen LogP contribution in [0.25, 0.3) is 11.1 Å². The minimum atomic E-state index is -0.198. The molecule has 1 heterocycles. The molecule has 1 fully saturated rings. The first kappa shape index (κ1) is 24.6. The predicted molar refractivity (Wildman–Crippen MR) is 137 cm³/mol. The van der Waals surface area contributed by atoms with E-state index >= 15 is 0 Å². The molecule has 35 heavy (non-hydrogen) atoms. The number of methoxy groups -OCH3 is 1. The molecular weight excluding hydrogens is 442 g/mol. The van der Waals surface area contributed by atoms with Crippen molar-refractivity contribution in [3.8, 4) is 11.1 Å². The Hall–Kier alpha value is -3.52. The lowest BCUT2D eigenvalue weighted by atomic mass is 10.0. The van der Waals surface area contributed by atoms with Gasteiger partial charge in [0.15, 0.2) is 0 Å². The number of hydrogen-bond donors (Lipinski definition) is 1. The summed E-state index contributed by atoms with van der Waals surface area (Å²) in [7, 11) is 3.20. The summed E-state index contributed by atoms with van der Waals surface area (Å²) in [6.07, 6.45) is 2.10. The number of carbonyl (C=O) groups excluding carboxylic acids is 2. The highest BCUT2D eigenvalue weighted by atomic mass is 16.7. The van der Waals surface area contributed by atoms with Crippen molar-refractivity contribution < 1.29 is 19.2 Å². The van der Waals surface area contributed by atoms with Crippen LogP contribution in [-0.2, 0) is 14.4 Å². The monoisotopic (exact) mass is 473 g/mol. The van der Waals surface area contributed by atoms with Gasteiger partial charge >= 0.3 is 0 Å². The minimum Gasteiger partial charge on any atom is -0.381 e. The normalized spacial score (nSPS) is 14.5. The van der Waals surface area contributed by atoms with Gasteiger partial charge in [0, 0.05) is 31.5 Å². The van der Waals surface area contributed by atoms with Crippen LogP contribution in [0.1, 0.15) is 23.2 Å². The zero-order valence-corrected chi connectivity index (χ0v) is 20.1. The summed E-state index contributed by atoms with van der Waals surface area (Å²) in [4.78, 5) is 33.0. The predicted octanol–water partition coefficient (Wildman–Crippen LogP) is 4.61. The van der Waals surface area contributed by atoms with Gasteiger partial charge in [0.2, 0.25) is 0 Å². The topological polar surface area (TPSA) is 71.1 Å². The third kappa shape index (κ3) is 6.33. The number of piperidine rings is 1. The lowest BCUT2D eigenvalue weighted by molar-refractivity contribution is -0.126. The van der Waals surface area contributed by atoms with Crippen molar-refractivity contribution in [2.24, 2.45) is 0 Å². The van der Waals surface area contributed by atoms with Crippen LogP contribution in [0.2, 0.25) is 0 Å². The molecule has 1 aliphatic heterocycles. The van der Waals surface area contributed by atoms with Crippen LogP contribution >= 0.6 is 0 Å². The van der Waals surface area contributed by atoms with Gasteiger partial charge in [-0.25, -0.2) is 0 Å². The number of hydroxylamine groups is 1. The summed E-state index contributed by atoms with van der Waals surface area (Å²) in [5.74, 6) is -0.338. The molecule has 1 saturated heterocycles. The first-order valence-electron chi connectivity index (χ1n) is 11.8. The van der Waals surface area contributed by atoms with Crippen molar-refractivity contribution >= 4 is 23.2 Å². The number of anilines is 2. The quantitative estimate of drug-likeness (QED) is 0.484. The van der Waals surface area contributed by atoms with Crippen molar-refractivity contribution in [2.75, 3.05) is 44.2 Å². The van der Waals surface area contributed by atoms with E-state index in [1.807, 2.05) is 54.6 Å². The molecule has 0 atom stereocenters. The molecule has 182 valence electrons. The molecule has 7 heteroatoms. The fourth-order valence-electron chi connectivity index (χ4n) is 4.24. The average Bonchev–Trinajstić information content (AvgIpc) is 2.91. The van der Waals surface area contributed by atoms with E-state index in [0.29, 0.717) is 16.9 Å². The van der Waals surface area contributed by atoms with Gasteiger partial charge in [-0.15, -0.1) is 0 Å². The molecule has 3 aromatic rings. The average molecular weight is 474 g/mol. The Morgan fingerprint density at radius 1 is 0.886 bits per heavy atom. The smallest absolute Gasteiger partial charge is 0.265 e. The van der Waals surface area contributed by atoms with Gasteiger partial charge in [-0.2, -0.15) is 5.06 Å². The second-order valence-corrected chi connectivity index (χ2v) is 8.53. The van der Waals surface area contributed by atoms with Gasteiger partial charge in [0.1, 0.15) is 0 Å². The van der Waals surface area contributed by atoms with E-state index < -0.39 is 0 Å². The fourth-order valence-corrected chi connectivity index (χ4v) is 4.24. The minimum absolute atomic E-state index is 0.140. The lowest BCUT2D eigenvalue weighted by Gasteiger charge is -2.31. The molecule has 0 spiro atoms. The summed E-state index contributed by atoms with van der Waals surface area (Å²) in [5, 5.41) is 4.19. The standard InChI is InChI=1S/C28H31N3O4/c1-34-26-16-18-30(19-17-26)20-27(32)31(35-2)25-14-12-24(13-15-25)29-28(33)23-10-8-22(9-11-23)21-6-4-3-5-7-21/h3-15,26H,16-20H2,1-2H3,(H,29,33). The van der Waals surface area contributed by atoms with Crippen LogP contribution in [0.3, 0.4) is 0 Å². The molecular formula is C28H31N3O4. The highest BCUT2D eigenvalue weighted by molar-refractivity contribution is 6.04. The van der Waals surface area contributed by atoms with Crippen molar-refractivity contribution in [1.29, 1.82) is 0 Å². The molecule has 0 aromatic heterocycles. The number of nitrogens with zero attached hydrogens (tertiary/aromatic N) is 2. The maximum Gasteiger partial charge on any atom is 0.265 e. The van der Waals surface area contributed by atoms with Gasteiger partial charge in [-0.05, 0) is 60.4 Å². The van der Waals surface area contributed by atoms with Crippen LogP contribution in [0.5, 0.6) is 0 Å². The van der Waals surface area contributed by atoms with E-state index in [2.05, 4.69) is 10.2 Å². The van der Waals surface area contributed by atoms with E-state index in [1.165, 1.54) is 12.2 Å². The van der Waals surface area contributed by atoms with Crippen molar-refractivity contribution in [1.82, 2.24) is 4.90 Å². The Labute approximate surface area is 206 Å². The first-order chi connectivity index (χ1) is 17.1. The summed E-state index contributed by atoms with van der Waals surface area (Å²) in [6.45, 7) is 1.92. The van der Waals surface area contributed by atoms with Crippen LogP contribution in [0, 0.1) is 0 Å². The zero-order chi connectivity index (χ0) is 24.6. The molecule has 0 unspecified atom stereocenters. The number of ether oxygens (including phenoxy) is 1. The number of hydrogen-bond acceptors (Lipinski definition) is 5. The number of amides is 2. The van der Waals surface area contributed by atoms with Gasteiger partial charge in [0.05, 0.1) is 25.4 Å². The number of benzene rings is 3. The number of likely N-dealkylation sites (tertiary alicyclic amines) is 1. The van der Waals surface area contributed by atoms with Gasteiger partial charge in [-0.3, -0.25) is 19.3 Å². The maximum atomic E-state index is 12.8. The second kappa shape index (κ2) is 11.8. The molecule has 7 nitrogen and oxygen atoms in total. The number of nitrogens with one attached hydrogen (secondary N) is 1. The summed E-state index contributed by atoms with van der Waals surface area (Å²) in [5.41, 5.74) is 3.97. The Kier molecular flexibility index (Phi) is 8.26. The van der Waals surface area contributed by atoms with E-state index in [1.54, 1.807) is 31.4 Å².